The number of fused-ring (bicyclic) bond motifs is 5. The fourth-order valence-corrected chi connectivity index (χ4v) is 11.0. The quantitative estimate of drug-likeness (QED) is 0.188. The zero-order chi connectivity index (χ0) is 31.0. The van der Waals surface area contributed by atoms with Crippen molar-refractivity contribution in [1.82, 2.24) is 9.80 Å². The van der Waals surface area contributed by atoms with E-state index in [4.69, 9.17) is 0 Å². The van der Waals surface area contributed by atoms with E-state index in [1.807, 2.05) is 12.1 Å². The van der Waals surface area contributed by atoms with Crippen LogP contribution in [0, 0.1) is 5.41 Å². The molecule has 1 aliphatic carbocycles. The molecular weight excluding hydrogens is 700 g/mol. The molecule has 10 rings (SSSR count). The zero-order valence-electron chi connectivity index (χ0n) is 25.0. The smallest absolute Gasteiger partial charge is 0.170 e. The first-order valence-corrected chi connectivity index (χ1v) is 17.6. The van der Waals surface area contributed by atoms with E-state index in [0.717, 1.165) is 54.0 Å². The van der Waals surface area contributed by atoms with Gasteiger partial charge in [0.2, 0.25) is 0 Å². The minimum absolute atomic E-state index is 0.0188. The summed E-state index contributed by atoms with van der Waals surface area (Å²) in [7, 11) is 0. The predicted octanol–water partition coefficient (Wildman–Crippen LogP) is 7.91. The highest BCUT2D eigenvalue weighted by Gasteiger charge is 2.87. The first kappa shape index (κ1) is 27.7. The number of ketones is 1. The number of carbonyl (C=O) groups excluding carboxylic acids is 1. The van der Waals surface area contributed by atoms with Crippen LogP contribution in [0.25, 0.3) is 16.8 Å². The van der Waals surface area contributed by atoms with Gasteiger partial charge >= 0.3 is 0 Å². The topological polar surface area (TPSA) is 43.8 Å². The highest BCUT2D eigenvalue weighted by atomic mass is 79.9. The number of rotatable bonds is 2. The molecule has 1 N–H and O–H groups in total. The van der Waals surface area contributed by atoms with Crippen LogP contribution in [0.2, 0.25) is 0 Å². The lowest BCUT2D eigenvalue weighted by Gasteiger charge is -2.50. The van der Waals surface area contributed by atoms with Gasteiger partial charge in [-0.1, -0.05) is 117 Å². The Morgan fingerprint density at radius 3 is 2.17 bits per heavy atom. The van der Waals surface area contributed by atoms with Gasteiger partial charge in [-0.3, -0.25) is 14.6 Å². The number of nitrogens with zero attached hydrogens (tertiary/aromatic N) is 2. The number of hydrogen-bond acceptors (Lipinski definition) is 4. The van der Waals surface area contributed by atoms with Crippen molar-refractivity contribution in [3.8, 4) is 0 Å². The number of piperidine rings is 1. The third kappa shape index (κ3) is 3.13. The zero-order valence-corrected chi connectivity index (χ0v) is 28.1. The van der Waals surface area contributed by atoms with Crippen molar-refractivity contribution < 1.29 is 9.90 Å². The summed E-state index contributed by atoms with van der Waals surface area (Å²) in [4.78, 5) is 20.7. The van der Waals surface area contributed by atoms with Crippen molar-refractivity contribution in [3.05, 3.63) is 157 Å². The summed E-state index contributed by atoms with van der Waals surface area (Å²) < 4.78 is 2.02. The fourth-order valence-electron chi connectivity index (χ4n) is 10.4. The second-order valence-corrected chi connectivity index (χ2v) is 15.5. The monoisotopic (exact) mass is 728 g/mol. The van der Waals surface area contributed by atoms with Crippen LogP contribution in [-0.2, 0) is 29.0 Å². The van der Waals surface area contributed by atoms with E-state index in [-0.39, 0.29) is 17.7 Å². The van der Waals surface area contributed by atoms with Gasteiger partial charge in [0, 0.05) is 51.7 Å². The first-order chi connectivity index (χ1) is 22.4. The van der Waals surface area contributed by atoms with Crippen molar-refractivity contribution >= 4 is 54.5 Å². The van der Waals surface area contributed by atoms with E-state index in [1.54, 1.807) is 0 Å². The molecule has 2 bridgehead atoms. The highest BCUT2D eigenvalue weighted by Crippen LogP contribution is 2.78. The average molecular weight is 730 g/mol. The van der Waals surface area contributed by atoms with Crippen molar-refractivity contribution in [2.24, 2.45) is 5.41 Å². The molecule has 0 amide bonds. The summed E-state index contributed by atoms with van der Waals surface area (Å²) in [5.74, 6) is 0.0231. The Morgan fingerprint density at radius 1 is 0.761 bits per heavy atom. The van der Waals surface area contributed by atoms with Gasteiger partial charge in [0.15, 0.2) is 11.5 Å². The summed E-state index contributed by atoms with van der Waals surface area (Å²) in [6.07, 6.45) is 2.89. The third-order valence-electron chi connectivity index (χ3n) is 11.9. The molecule has 6 heteroatoms. The predicted molar refractivity (Wildman–Crippen MR) is 187 cm³/mol. The lowest BCUT2D eigenvalue weighted by atomic mass is 9.57. The molecule has 6 atom stereocenters. The maximum absolute atomic E-state index is 15.8. The molecule has 5 aromatic rings. The van der Waals surface area contributed by atoms with Crippen LogP contribution < -0.4 is 0 Å². The highest BCUT2D eigenvalue weighted by molar-refractivity contribution is 9.10. The van der Waals surface area contributed by atoms with Crippen LogP contribution in [0.4, 0.5) is 0 Å². The molecule has 46 heavy (non-hydrogen) atoms. The fraction of sp³-hybridized carbons (Fsp3) is 0.225. The van der Waals surface area contributed by atoms with Crippen LogP contribution in [0.15, 0.2) is 124 Å². The van der Waals surface area contributed by atoms with Gasteiger partial charge in [-0.15, -0.1) is 0 Å². The number of aliphatic hydroxyl groups is 1. The summed E-state index contributed by atoms with van der Waals surface area (Å²) in [6, 6.07) is 38.3. The molecule has 6 unspecified atom stereocenters. The van der Waals surface area contributed by atoms with Gasteiger partial charge < -0.3 is 5.11 Å². The summed E-state index contributed by atoms with van der Waals surface area (Å²) in [5, 5.41) is 16.0. The van der Waals surface area contributed by atoms with Gasteiger partial charge in [0.05, 0.1) is 5.41 Å². The second-order valence-electron chi connectivity index (χ2n) is 13.7. The van der Waals surface area contributed by atoms with E-state index in [2.05, 4.69) is 145 Å². The third-order valence-corrected chi connectivity index (χ3v) is 12.9. The average Bonchev–Trinajstić information content (AvgIpc) is 3.54. The molecule has 3 fully saturated rings. The van der Waals surface area contributed by atoms with Gasteiger partial charge in [-0.25, -0.2) is 0 Å². The van der Waals surface area contributed by atoms with Gasteiger partial charge in [-0.05, 0) is 75.4 Å². The normalized spacial score (nSPS) is 32.8. The SMILES string of the molecule is O=C1/C(=C/c2ccc(Br)cc2)CN2CC13C(c1ccc(Br)cc1)C1Cc4ccccc4CN1C31c3cccc4cccc(c34)C21O. The molecular formula is C40H30Br2N2O2. The van der Waals surface area contributed by atoms with Crippen molar-refractivity contribution in [1.29, 1.82) is 0 Å². The number of halogens is 2. The van der Waals surface area contributed by atoms with E-state index in [9.17, 15) is 5.11 Å². The Kier molecular flexibility index (Phi) is 5.64. The molecule has 5 aliphatic rings. The van der Waals surface area contributed by atoms with Crippen LogP contribution in [0.5, 0.6) is 0 Å². The summed E-state index contributed by atoms with van der Waals surface area (Å²) >= 11 is 7.23. The second kappa shape index (κ2) is 9.36. The molecule has 2 spiro atoms. The molecule has 4 nitrogen and oxygen atoms in total. The van der Waals surface area contributed by atoms with Gasteiger partial charge in [0.25, 0.3) is 0 Å². The minimum atomic E-state index is -1.39. The molecule has 226 valence electrons. The van der Waals surface area contributed by atoms with Crippen molar-refractivity contribution in [3.63, 3.8) is 0 Å². The largest absolute Gasteiger partial charge is 0.369 e. The Bertz CT molecular complexity index is 2160. The number of benzene rings is 5. The molecule has 0 saturated carbocycles. The van der Waals surface area contributed by atoms with Crippen molar-refractivity contribution in [2.75, 3.05) is 13.1 Å². The summed E-state index contributed by atoms with van der Waals surface area (Å²) in [6.45, 7) is 1.56. The number of carbonyl (C=O) groups is 1. The van der Waals surface area contributed by atoms with E-state index >= 15 is 4.79 Å². The van der Waals surface area contributed by atoms with Crippen LogP contribution in [0.3, 0.4) is 0 Å². The minimum Gasteiger partial charge on any atom is -0.369 e. The Balaban J connectivity index is 1.32. The van der Waals surface area contributed by atoms with Crippen LogP contribution >= 0.6 is 31.9 Å². The van der Waals surface area contributed by atoms with Crippen LogP contribution in [-0.4, -0.2) is 39.8 Å². The Labute approximate surface area is 284 Å². The molecule has 5 aromatic carbocycles. The van der Waals surface area contributed by atoms with Gasteiger partial charge in [-0.2, -0.15) is 0 Å². The molecule has 4 aliphatic heterocycles. The van der Waals surface area contributed by atoms with Crippen molar-refractivity contribution in [2.45, 2.75) is 36.2 Å². The molecule has 4 heterocycles. The lowest BCUT2D eigenvalue weighted by molar-refractivity contribution is -0.181. The Hall–Kier alpha value is -3.39. The standard InChI is InChI=1S/C40H30Br2N2O2/c41-30-15-11-24(12-16-30)19-29-21-43-23-38(37(29)45)36(26-13-17-31(42)18-14-26)34-20-27-5-1-2-6-28(27)22-44(34)39(38)32-9-3-7-25-8-4-10-33(35(25)32)40(39,43)46/h1-19,34,36,46H,20-23H2/b29-19+. The van der Waals surface area contributed by atoms with Gasteiger partial charge in [0.1, 0.15) is 5.54 Å². The molecule has 0 aromatic heterocycles. The lowest BCUT2D eigenvalue weighted by Crippen LogP contribution is -2.62. The number of hydrogen-bond donors (Lipinski definition) is 1. The van der Waals surface area contributed by atoms with Crippen LogP contribution in [0.1, 0.15) is 39.3 Å². The molecule has 0 radical (unpaired) electrons. The maximum Gasteiger partial charge on any atom is 0.170 e. The molecule has 3 saturated heterocycles. The Morgan fingerprint density at radius 2 is 1.43 bits per heavy atom. The maximum atomic E-state index is 15.8. The van der Waals surface area contributed by atoms with E-state index in [0.29, 0.717) is 19.6 Å². The number of Topliss-reactive ketones (excluding diaryl/α,β-unsaturated/α-hetero) is 1. The summed E-state index contributed by atoms with van der Waals surface area (Å²) in [5.41, 5.74) is 4.22. The van der Waals surface area contributed by atoms with E-state index in [1.165, 1.54) is 11.1 Å². The van der Waals surface area contributed by atoms with E-state index < -0.39 is 16.7 Å². The first-order valence-electron chi connectivity index (χ1n) is 16.0.